The van der Waals surface area contributed by atoms with Crippen LogP contribution in [-0.2, 0) is 25.2 Å². The normalized spacial score (nSPS) is 22.4. The van der Waals surface area contributed by atoms with Crippen molar-refractivity contribution < 1.29 is 18.0 Å². The van der Waals surface area contributed by atoms with Gasteiger partial charge in [-0.05, 0) is 67.7 Å². The highest BCUT2D eigenvalue weighted by atomic mass is 35.5. The number of carbonyl (C=O) groups is 1. The average molecular weight is 557 g/mol. The zero-order chi connectivity index (χ0) is 27.8. The average Bonchev–Trinajstić information content (AvgIpc) is 3.33. The first-order valence-corrected chi connectivity index (χ1v) is 13.2. The van der Waals surface area contributed by atoms with Crippen LogP contribution < -0.4 is 10.6 Å². The van der Waals surface area contributed by atoms with Gasteiger partial charge < -0.3 is 15.2 Å². The molecule has 204 valence electrons. The van der Waals surface area contributed by atoms with Crippen LogP contribution in [0.2, 0.25) is 5.02 Å². The largest absolute Gasteiger partial charge is 0.417 e. The molecule has 0 spiro atoms. The number of benzene rings is 2. The summed E-state index contributed by atoms with van der Waals surface area (Å²) in [6.07, 6.45) is 0.685. The molecular weight excluding hydrogens is 529 g/mol. The van der Waals surface area contributed by atoms with E-state index >= 15 is 0 Å². The van der Waals surface area contributed by atoms with Gasteiger partial charge in [0.1, 0.15) is 5.82 Å². The fraction of sp³-hybridized carbons (Fsp3) is 0.429. The maximum Gasteiger partial charge on any atom is 0.417 e. The number of fused-ring (bicyclic) bond motifs is 3. The van der Waals surface area contributed by atoms with Crippen molar-refractivity contribution in [2.75, 3.05) is 6.54 Å². The van der Waals surface area contributed by atoms with Crippen LogP contribution in [0.1, 0.15) is 61.0 Å². The lowest BCUT2D eigenvalue weighted by Crippen LogP contribution is -2.51. The maximum atomic E-state index is 13.6. The lowest BCUT2D eigenvalue weighted by atomic mass is 9.53. The number of alkyl halides is 3. The summed E-state index contributed by atoms with van der Waals surface area (Å²) >= 11 is 6.19. The van der Waals surface area contributed by atoms with Crippen molar-refractivity contribution >= 4 is 17.6 Å². The van der Waals surface area contributed by atoms with E-state index in [9.17, 15) is 18.0 Å². The van der Waals surface area contributed by atoms with Crippen molar-refractivity contribution in [2.24, 2.45) is 12.5 Å². The zero-order valence-corrected chi connectivity index (χ0v) is 22.2. The third-order valence-corrected chi connectivity index (χ3v) is 8.82. The molecule has 3 fully saturated rings. The first-order chi connectivity index (χ1) is 18.6. The van der Waals surface area contributed by atoms with Crippen LogP contribution in [0.5, 0.6) is 0 Å². The quantitative estimate of drug-likeness (QED) is 0.382. The van der Waals surface area contributed by atoms with Gasteiger partial charge in [-0.2, -0.15) is 18.4 Å². The molecule has 3 aliphatic rings. The summed E-state index contributed by atoms with van der Waals surface area (Å²) in [6.45, 7) is 0.789. The number of aromatic nitrogens is 3. The summed E-state index contributed by atoms with van der Waals surface area (Å²) < 4.78 is 42.6. The van der Waals surface area contributed by atoms with E-state index < -0.39 is 11.7 Å². The Kier molecular flexibility index (Phi) is 7.06. The summed E-state index contributed by atoms with van der Waals surface area (Å²) in [4.78, 5) is 12.5. The van der Waals surface area contributed by atoms with Gasteiger partial charge in [-0.3, -0.25) is 0 Å². The molecule has 6 rings (SSSR count). The molecule has 1 heterocycles. The predicted octanol–water partition coefficient (Wildman–Crippen LogP) is 6.12. The molecule has 2 N–H and O–H groups in total. The zero-order valence-electron chi connectivity index (χ0n) is 21.4. The minimum absolute atomic E-state index is 0.0184. The van der Waals surface area contributed by atoms with Crippen LogP contribution in [0, 0.1) is 16.7 Å². The molecule has 0 atom stereocenters. The Morgan fingerprint density at radius 1 is 1.08 bits per heavy atom. The van der Waals surface area contributed by atoms with Crippen LogP contribution in [-0.4, -0.2) is 27.3 Å². The Balaban J connectivity index is 1.21. The first-order valence-electron chi connectivity index (χ1n) is 12.8. The van der Waals surface area contributed by atoms with E-state index in [1.807, 2.05) is 6.07 Å². The number of nitriles is 1. The molecule has 0 unspecified atom stereocenters. The van der Waals surface area contributed by atoms with Gasteiger partial charge in [0.15, 0.2) is 5.82 Å². The highest BCUT2D eigenvalue weighted by Gasteiger charge is 2.51. The molecule has 2 amide bonds. The fourth-order valence-corrected chi connectivity index (χ4v) is 6.33. The van der Waals surface area contributed by atoms with Gasteiger partial charge in [0.05, 0.1) is 17.2 Å². The van der Waals surface area contributed by atoms with Gasteiger partial charge in [0.25, 0.3) is 0 Å². The Bertz CT molecular complexity index is 1420. The third kappa shape index (κ3) is 5.20. The number of nitrogens with one attached hydrogen (secondary N) is 2. The Labute approximate surface area is 229 Å². The van der Waals surface area contributed by atoms with Crippen LogP contribution in [0.4, 0.5) is 18.0 Å². The summed E-state index contributed by atoms with van der Waals surface area (Å²) in [6, 6.07) is 12.2. The third-order valence-electron chi connectivity index (χ3n) is 8.47. The number of rotatable bonds is 6. The monoisotopic (exact) mass is 556 g/mol. The predicted molar refractivity (Wildman–Crippen MR) is 140 cm³/mol. The summed E-state index contributed by atoms with van der Waals surface area (Å²) in [5.41, 5.74) is 0.244. The minimum Gasteiger partial charge on any atom is -0.338 e. The van der Waals surface area contributed by atoms with E-state index in [1.54, 1.807) is 35.9 Å². The molecule has 1 aromatic heterocycles. The van der Waals surface area contributed by atoms with Gasteiger partial charge in [-0.1, -0.05) is 35.9 Å². The number of amides is 2. The highest BCUT2D eigenvalue weighted by Crippen LogP contribution is 2.57. The molecule has 7 nitrogen and oxygen atoms in total. The lowest BCUT2D eigenvalue weighted by Gasteiger charge is -2.52. The first kappa shape index (κ1) is 27.0. The van der Waals surface area contributed by atoms with Gasteiger partial charge >= 0.3 is 12.2 Å². The summed E-state index contributed by atoms with van der Waals surface area (Å²) in [5.74, 6) is 0.947. The van der Waals surface area contributed by atoms with Crippen molar-refractivity contribution in [3.05, 3.63) is 70.0 Å². The second kappa shape index (κ2) is 10.2. The van der Waals surface area contributed by atoms with Crippen molar-refractivity contribution in [2.45, 2.75) is 56.7 Å². The Morgan fingerprint density at radius 3 is 2.41 bits per heavy atom. The van der Waals surface area contributed by atoms with E-state index in [0.717, 1.165) is 56.0 Å². The van der Waals surface area contributed by atoms with Crippen LogP contribution in [0.3, 0.4) is 0 Å². The molecule has 0 aliphatic heterocycles. The SMILES string of the molecule is Cn1c(-c2ccccc2C(F)(F)F)nnc1C12CCC(CNC(=O)NCc3ccc(C#N)cc3Cl)(CC1)CC2. The molecule has 2 aromatic carbocycles. The minimum atomic E-state index is -4.48. The lowest BCUT2D eigenvalue weighted by molar-refractivity contribution is -0.137. The number of halogens is 4. The van der Waals surface area contributed by atoms with Gasteiger partial charge in [-0.25, -0.2) is 4.79 Å². The van der Waals surface area contributed by atoms with Crippen LogP contribution in [0.25, 0.3) is 11.4 Å². The van der Waals surface area contributed by atoms with E-state index in [-0.39, 0.29) is 34.8 Å². The van der Waals surface area contributed by atoms with Crippen molar-refractivity contribution in [1.82, 2.24) is 25.4 Å². The molecule has 3 aromatic rings. The smallest absolute Gasteiger partial charge is 0.338 e. The van der Waals surface area contributed by atoms with E-state index in [4.69, 9.17) is 16.9 Å². The number of hydrogen-bond acceptors (Lipinski definition) is 4. The van der Waals surface area contributed by atoms with Crippen molar-refractivity contribution in [3.8, 4) is 17.5 Å². The second-order valence-electron chi connectivity index (χ2n) is 10.7. The standard InChI is InChI=1S/C28H28ClF3N6O/c1-38-23(20-4-2-3-5-21(20)28(30,31)32)36-37-24(38)27-11-8-26(9-12-27,10-13-27)17-35-25(39)34-16-19-7-6-18(15-33)14-22(19)29/h2-7,14H,8-13,16-17H2,1H3,(H2,34,35,39). The van der Waals surface area contributed by atoms with E-state index in [0.29, 0.717) is 17.1 Å². The van der Waals surface area contributed by atoms with Gasteiger partial charge in [0.2, 0.25) is 0 Å². The van der Waals surface area contributed by atoms with Crippen LogP contribution in [0.15, 0.2) is 42.5 Å². The summed E-state index contributed by atoms with van der Waals surface area (Å²) in [7, 11) is 1.75. The molecule has 3 saturated carbocycles. The molecule has 3 aliphatic carbocycles. The van der Waals surface area contributed by atoms with Crippen molar-refractivity contribution in [3.63, 3.8) is 0 Å². The Hall–Kier alpha value is -3.58. The van der Waals surface area contributed by atoms with E-state index in [1.165, 1.54) is 12.1 Å². The molecule has 39 heavy (non-hydrogen) atoms. The molecule has 2 bridgehead atoms. The molecule has 11 heteroatoms. The Morgan fingerprint density at radius 2 is 1.77 bits per heavy atom. The molecule has 0 saturated heterocycles. The number of hydrogen-bond donors (Lipinski definition) is 2. The van der Waals surface area contributed by atoms with Crippen molar-refractivity contribution in [1.29, 1.82) is 5.26 Å². The molecular formula is C28H28ClF3N6O. The summed E-state index contributed by atoms with van der Waals surface area (Å²) in [5, 5.41) is 23.8. The maximum absolute atomic E-state index is 13.6. The van der Waals surface area contributed by atoms with Gasteiger partial charge in [0, 0.05) is 36.1 Å². The number of nitrogens with zero attached hydrogens (tertiary/aromatic N) is 4. The fourth-order valence-electron chi connectivity index (χ4n) is 6.08. The van der Waals surface area contributed by atoms with Gasteiger partial charge in [-0.15, -0.1) is 10.2 Å². The van der Waals surface area contributed by atoms with E-state index in [2.05, 4.69) is 20.8 Å². The topological polar surface area (TPSA) is 95.6 Å². The number of urea groups is 1. The number of carbonyl (C=O) groups excluding carboxylic acids is 1. The second-order valence-corrected chi connectivity index (χ2v) is 11.1. The van der Waals surface area contributed by atoms with Crippen LogP contribution >= 0.6 is 11.6 Å². The molecule has 0 radical (unpaired) electrons. The highest BCUT2D eigenvalue weighted by molar-refractivity contribution is 6.31.